The van der Waals surface area contributed by atoms with Gasteiger partial charge in [-0.3, -0.25) is 4.99 Å². The van der Waals surface area contributed by atoms with Crippen molar-refractivity contribution in [3.63, 3.8) is 0 Å². The second kappa shape index (κ2) is 10.9. The quantitative estimate of drug-likeness (QED) is 0.256. The zero-order valence-corrected chi connectivity index (χ0v) is 19.7. The minimum absolute atomic E-state index is 0. The minimum Gasteiger partial charge on any atom is -0.493 e. The molecule has 6 nitrogen and oxygen atoms in total. The van der Waals surface area contributed by atoms with Gasteiger partial charge >= 0.3 is 0 Å². The number of benzene rings is 2. The maximum absolute atomic E-state index is 5.36. The number of aliphatic imine (C=N–C) groups is 1. The third-order valence-electron chi connectivity index (χ3n) is 4.83. The number of halogens is 1. The van der Waals surface area contributed by atoms with Crippen molar-refractivity contribution in [2.75, 3.05) is 27.8 Å². The average molecular weight is 508 g/mol. The lowest BCUT2D eigenvalue weighted by Gasteiger charge is -2.13. The number of methoxy groups -OCH3 is 2. The molecule has 156 valence electrons. The molecule has 3 rings (SSSR count). The smallest absolute Gasteiger partial charge is 0.191 e. The molecule has 0 saturated heterocycles. The number of para-hydroxylation sites is 1. The monoisotopic (exact) mass is 508 g/mol. The lowest BCUT2D eigenvalue weighted by Crippen LogP contribution is -2.37. The highest BCUT2D eigenvalue weighted by Gasteiger charge is 2.08. The van der Waals surface area contributed by atoms with Gasteiger partial charge in [-0.1, -0.05) is 24.3 Å². The average Bonchev–Trinajstić information content (AvgIpc) is 3.05. The van der Waals surface area contributed by atoms with Gasteiger partial charge < -0.3 is 25.1 Å². The first-order valence-electron chi connectivity index (χ1n) is 9.38. The number of rotatable bonds is 7. The van der Waals surface area contributed by atoms with Crippen LogP contribution in [0.25, 0.3) is 10.9 Å². The van der Waals surface area contributed by atoms with Gasteiger partial charge in [-0.2, -0.15) is 0 Å². The van der Waals surface area contributed by atoms with E-state index >= 15 is 0 Å². The highest BCUT2D eigenvalue weighted by Crippen LogP contribution is 2.27. The van der Waals surface area contributed by atoms with E-state index in [1.54, 1.807) is 21.3 Å². The Kier molecular flexibility index (Phi) is 8.63. The summed E-state index contributed by atoms with van der Waals surface area (Å²) in [5.74, 6) is 2.22. The van der Waals surface area contributed by atoms with E-state index in [9.17, 15) is 0 Å². The summed E-state index contributed by atoms with van der Waals surface area (Å²) in [5.41, 5.74) is 4.84. The van der Waals surface area contributed by atoms with Gasteiger partial charge in [-0.15, -0.1) is 24.0 Å². The fraction of sp³-hybridized carbons (Fsp3) is 0.318. The van der Waals surface area contributed by atoms with E-state index in [0.717, 1.165) is 36.0 Å². The number of aromatic amines is 1. The van der Waals surface area contributed by atoms with Crippen LogP contribution in [-0.4, -0.2) is 38.8 Å². The van der Waals surface area contributed by atoms with Crippen molar-refractivity contribution in [2.24, 2.45) is 4.99 Å². The molecule has 0 atom stereocenters. The zero-order chi connectivity index (χ0) is 19.9. The lowest BCUT2D eigenvalue weighted by molar-refractivity contribution is 0.354. The molecule has 0 unspecified atom stereocenters. The summed E-state index contributed by atoms with van der Waals surface area (Å²) in [4.78, 5) is 7.76. The minimum atomic E-state index is 0. The summed E-state index contributed by atoms with van der Waals surface area (Å²) in [6, 6.07) is 14.3. The Morgan fingerprint density at radius 2 is 1.79 bits per heavy atom. The first-order chi connectivity index (χ1) is 13.7. The van der Waals surface area contributed by atoms with E-state index in [-0.39, 0.29) is 24.0 Å². The predicted molar refractivity (Wildman–Crippen MR) is 130 cm³/mol. The highest BCUT2D eigenvalue weighted by molar-refractivity contribution is 14.0. The Labute approximate surface area is 189 Å². The first-order valence-corrected chi connectivity index (χ1v) is 9.38. The fourth-order valence-corrected chi connectivity index (χ4v) is 3.36. The molecule has 7 heteroatoms. The van der Waals surface area contributed by atoms with Crippen molar-refractivity contribution in [2.45, 2.75) is 19.9 Å². The van der Waals surface area contributed by atoms with Crippen LogP contribution >= 0.6 is 24.0 Å². The van der Waals surface area contributed by atoms with Crippen LogP contribution in [0.1, 0.15) is 16.8 Å². The van der Waals surface area contributed by atoms with Crippen molar-refractivity contribution in [3.05, 3.63) is 59.3 Å². The number of nitrogens with zero attached hydrogens (tertiary/aromatic N) is 1. The molecule has 0 radical (unpaired) electrons. The van der Waals surface area contributed by atoms with Crippen molar-refractivity contribution in [1.82, 2.24) is 15.6 Å². The van der Waals surface area contributed by atoms with Crippen LogP contribution in [0.3, 0.4) is 0 Å². The summed E-state index contributed by atoms with van der Waals surface area (Å²) in [6.45, 7) is 3.57. The zero-order valence-electron chi connectivity index (χ0n) is 17.3. The molecule has 0 spiro atoms. The van der Waals surface area contributed by atoms with Gasteiger partial charge in [0.25, 0.3) is 0 Å². The first kappa shape index (κ1) is 22.9. The number of hydrogen-bond donors (Lipinski definition) is 3. The fourth-order valence-electron chi connectivity index (χ4n) is 3.36. The molecule has 0 aliphatic carbocycles. The van der Waals surface area contributed by atoms with Crippen molar-refractivity contribution in [1.29, 1.82) is 0 Å². The van der Waals surface area contributed by atoms with Gasteiger partial charge in [0, 0.05) is 36.7 Å². The number of aromatic nitrogens is 1. The number of ether oxygens (including phenoxy) is 2. The molecule has 0 amide bonds. The van der Waals surface area contributed by atoms with Gasteiger partial charge in [0.1, 0.15) is 0 Å². The summed E-state index contributed by atoms with van der Waals surface area (Å²) in [6.07, 6.45) is 0.924. The number of hydrogen-bond acceptors (Lipinski definition) is 3. The molecule has 0 aliphatic heterocycles. The second-order valence-corrected chi connectivity index (χ2v) is 6.57. The van der Waals surface area contributed by atoms with Gasteiger partial charge in [0.05, 0.1) is 14.2 Å². The van der Waals surface area contributed by atoms with Gasteiger partial charge in [0.2, 0.25) is 0 Å². The number of guanidine groups is 1. The maximum Gasteiger partial charge on any atom is 0.191 e. The Hall–Kier alpha value is -2.42. The summed E-state index contributed by atoms with van der Waals surface area (Å²) >= 11 is 0. The maximum atomic E-state index is 5.36. The molecule has 0 aliphatic rings. The molecular weight excluding hydrogens is 479 g/mol. The van der Waals surface area contributed by atoms with Crippen molar-refractivity contribution < 1.29 is 9.47 Å². The summed E-state index contributed by atoms with van der Waals surface area (Å²) < 4.78 is 10.6. The second-order valence-electron chi connectivity index (χ2n) is 6.57. The van der Waals surface area contributed by atoms with Crippen molar-refractivity contribution in [3.8, 4) is 11.5 Å². The van der Waals surface area contributed by atoms with Crippen LogP contribution in [0.2, 0.25) is 0 Å². The summed E-state index contributed by atoms with van der Waals surface area (Å²) in [5, 5.41) is 8.02. The largest absolute Gasteiger partial charge is 0.493 e. The van der Waals surface area contributed by atoms with E-state index in [1.807, 2.05) is 18.2 Å². The van der Waals surface area contributed by atoms with Crippen LogP contribution in [0, 0.1) is 6.92 Å². The molecule has 0 bridgehead atoms. The van der Waals surface area contributed by atoms with Crippen LogP contribution in [-0.2, 0) is 13.0 Å². The Balaban J connectivity index is 0.00000300. The third-order valence-corrected chi connectivity index (χ3v) is 4.83. The molecule has 0 fully saturated rings. The van der Waals surface area contributed by atoms with Gasteiger partial charge in [-0.25, -0.2) is 0 Å². The lowest BCUT2D eigenvalue weighted by atomic mass is 10.1. The molecule has 1 aromatic heterocycles. The standard InChI is InChI=1S/C22H28N4O2.HI/c1-15-17(18-7-5-6-8-19(18)26-15)11-12-24-22(23-2)25-14-16-9-10-20(27-3)21(13-16)28-4;/h5-10,13,26H,11-12,14H2,1-4H3,(H2,23,24,25);1H. The van der Waals surface area contributed by atoms with Crippen LogP contribution < -0.4 is 20.1 Å². The molecule has 3 N–H and O–H groups in total. The SMILES string of the molecule is CN=C(NCCc1c(C)[nH]c2ccccc12)NCc1ccc(OC)c(OC)c1.I. The number of fused-ring (bicyclic) bond motifs is 1. The Morgan fingerprint density at radius 3 is 2.52 bits per heavy atom. The Morgan fingerprint density at radius 1 is 1.03 bits per heavy atom. The molecule has 3 aromatic rings. The third kappa shape index (κ3) is 5.56. The molecule has 0 saturated carbocycles. The van der Waals surface area contributed by atoms with Crippen LogP contribution in [0.5, 0.6) is 11.5 Å². The number of H-pyrrole nitrogens is 1. The number of nitrogens with one attached hydrogen (secondary N) is 3. The van der Waals surface area contributed by atoms with E-state index in [0.29, 0.717) is 6.54 Å². The van der Waals surface area contributed by atoms with E-state index < -0.39 is 0 Å². The van der Waals surface area contributed by atoms with E-state index in [2.05, 4.69) is 51.8 Å². The van der Waals surface area contributed by atoms with E-state index in [1.165, 1.54) is 22.2 Å². The molecule has 2 aromatic carbocycles. The topological polar surface area (TPSA) is 70.7 Å². The molecule has 29 heavy (non-hydrogen) atoms. The van der Waals surface area contributed by atoms with Crippen LogP contribution in [0.4, 0.5) is 0 Å². The Bertz CT molecular complexity index is 969. The molecule has 1 heterocycles. The van der Waals surface area contributed by atoms with Crippen molar-refractivity contribution >= 4 is 40.8 Å². The molecular formula is C22H29IN4O2. The highest BCUT2D eigenvalue weighted by atomic mass is 127. The van der Waals surface area contributed by atoms with Gasteiger partial charge in [-0.05, 0) is 42.7 Å². The van der Waals surface area contributed by atoms with Gasteiger partial charge in [0.15, 0.2) is 17.5 Å². The normalized spacial score (nSPS) is 11.1. The predicted octanol–water partition coefficient (Wildman–Crippen LogP) is 4.02. The number of aryl methyl sites for hydroxylation is 1. The summed E-state index contributed by atoms with van der Waals surface area (Å²) in [7, 11) is 5.06. The van der Waals surface area contributed by atoms with Crippen LogP contribution in [0.15, 0.2) is 47.5 Å². The van der Waals surface area contributed by atoms with E-state index in [4.69, 9.17) is 9.47 Å².